The van der Waals surface area contributed by atoms with Crippen LogP contribution >= 0.6 is 0 Å². The van der Waals surface area contributed by atoms with Crippen LogP contribution in [0.1, 0.15) is 28.4 Å². The summed E-state index contributed by atoms with van der Waals surface area (Å²) in [5, 5.41) is 22.7. The summed E-state index contributed by atoms with van der Waals surface area (Å²) in [5.74, 6) is 0.110. The monoisotopic (exact) mass is 491 g/mol. The third-order valence-corrected chi connectivity index (χ3v) is 6.83. The molecule has 1 unspecified atom stereocenters. The van der Waals surface area contributed by atoms with Crippen LogP contribution in [-0.4, -0.2) is 34.3 Å². The van der Waals surface area contributed by atoms with E-state index < -0.39 is 10.8 Å². The number of para-hydroxylation sites is 1. The number of nitriles is 1. The predicted molar refractivity (Wildman–Crippen MR) is 143 cm³/mol. The van der Waals surface area contributed by atoms with Crippen molar-refractivity contribution in [2.45, 2.75) is 12.3 Å². The molecule has 8 nitrogen and oxygen atoms in total. The number of anilines is 2. The summed E-state index contributed by atoms with van der Waals surface area (Å²) in [4.78, 5) is 28.1. The molecule has 1 atom stereocenters. The second-order valence-electron chi connectivity index (χ2n) is 9.21. The maximum atomic E-state index is 13.4. The Morgan fingerprint density at radius 1 is 1.03 bits per heavy atom. The molecule has 3 aromatic carbocycles. The van der Waals surface area contributed by atoms with Crippen molar-refractivity contribution >= 4 is 33.7 Å². The van der Waals surface area contributed by atoms with E-state index in [0.29, 0.717) is 22.6 Å². The van der Waals surface area contributed by atoms with Crippen molar-refractivity contribution in [2.24, 2.45) is 7.05 Å². The first-order chi connectivity index (χ1) is 17.8. The molecular weight excluding hydrogens is 466 g/mol. The zero-order valence-electron chi connectivity index (χ0n) is 20.8. The van der Waals surface area contributed by atoms with E-state index in [4.69, 9.17) is 0 Å². The Labute approximate surface area is 214 Å². The number of fused-ring (bicyclic) bond motifs is 3. The number of nitrogens with zero attached hydrogens (tertiary/aromatic N) is 5. The van der Waals surface area contributed by atoms with Gasteiger partial charge in [0.2, 0.25) is 0 Å². The normalized spacial score (nSPS) is 14.9. The van der Waals surface area contributed by atoms with Gasteiger partial charge in [-0.05, 0) is 18.2 Å². The maximum absolute atomic E-state index is 13.4. The highest BCUT2D eigenvalue weighted by atomic mass is 16.6. The van der Waals surface area contributed by atoms with Gasteiger partial charge in [-0.2, -0.15) is 5.26 Å². The third kappa shape index (κ3) is 3.91. The Kier molecular flexibility index (Phi) is 5.98. The number of carbonyl (C=O) groups is 1. The molecular formula is C29H25N5O3. The molecule has 4 aromatic rings. The van der Waals surface area contributed by atoms with Gasteiger partial charge in [0, 0.05) is 62.3 Å². The number of ketones is 1. The van der Waals surface area contributed by atoms with Gasteiger partial charge >= 0.3 is 0 Å². The van der Waals surface area contributed by atoms with Gasteiger partial charge in [-0.1, -0.05) is 48.5 Å². The molecule has 0 fully saturated rings. The zero-order chi connectivity index (χ0) is 26.3. The average molecular weight is 492 g/mol. The molecule has 1 aromatic heterocycles. The summed E-state index contributed by atoms with van der Waals surface area (Å²) in [6.45, 7) is 0. The number of aryl methyl sites for hydroxylation is 1. The van der Waals surface area contributed by atoms with Crippen LogP contribution in [0.5, 0.6) is 0 Å². The number of rotatable bonds is 6. The van der Waals surface area contributed by atoms with Crippen LogP contribution in [-0.2, 0) is 7.05 Å². The van der Waals surface area contributed by atoms with Gasteiger partial charge < -0.3 is 9.47 Å². The van der Waals surface area contributed by atoms with Gasteiger partial charge in [0.15, 0.2) is 5.78 Å². The van der Waals surface area contributed by atoms with Crippen molar-refractivity contribution in [2.75, 3.05) is 19.0 Å². The molecule has 0 spiro atoms. The SMILES string of the molecule is CN(C)C1=C(C#N)C(CC(=O)c2ccccc2)c2c(c3ccccc3n2C)N1c1ccc([N+](=O)[O-])cc1. The largest absolute Gasteiger partial charge is 0.363 e. The van der Waals surface area contributed by atoms with Gasteiger partial charge in [0.1, 0.15) is 5.82 Å². The molecule has 5 rings (SSSR count). The number of allylic oxidation sites excluding steroid dienone is 1. The second-order valence-corrected chi connectivity index (χ2v) is 9.21. The molecule has 0 bridgehead atoms. The standard InChI is InChI=1S/C29H25N5O3/c1-31(2)29-24(18-30)23(17-26(35)19-9-5-4-6-10-19)27-28(22-11-7-8-12-25(22)32(27)3)33(29)20-13-15-21(16-14-20)34(36)37/h4-16,23H,17H2,1-3H3. The van der Waals surface area contributed by atoms with E-state index in [2.05, 4.69) is 10.6 Å². The number of aromatic nitrogens is 1. The number of Topliss-reactive ketones (excluding diaryl/α,β-unsaturated/α-hetero) is 1. The smallest absolute Gasteiger partial charge is 0.269 e. The fourth-order valence-electron chi connectivity index (χ4n) is 5.22. The first-order valence-corrected chi connectivity index (χ1v) is 11.8. The van der Waals surface area contributed by atoms with Crippen molar-refractivity contribution < 1.29 is 9.72 Å². The topological polar surface area (TPSA) is 95.4 Å². The fraction of sp³-hybridized carbons (Fsp3) is 0.172. The molecule has 37 heavy (non-hydrogen) atoms. The molecule has 0 saturated carbocycles. The van der Waals surface area contributed by atoms with E-state index in [1.807, 2.05) is 73.4 Å². The summed E-state index contributed by atoms with van der Waals surface area (Å²) in [7, 11) is 5.67. The highest BCUT2D eigenvalue weighted by molar-refractivity contribution is 6.02. The number of nitro benzene ring substituents is 1. The lowest BCUT2D eigenvalue weighted by Crippen LogP contribution is -2.35. The lowest BCUT2D eigenvalue weighted by molar-refractivity contribution is -0.384. The number of carbonyl (C=O) groups excluding carboxylic acids is 1. The van der Waals surface area contributed by atoms with Gasteiger partial charge in [-0.3, -0.25) is 19.8 Å². The van der Waals surface area contributed by atoms with Crippen LogP contribution in [0.2, 0.25) is 0 Å². The highest BCUT2D eigenvalue weighted by Crippen LogP contribution is 2.51. The molecule has 0 N–H and O–H groups in total. The lowest BCUT2D eigenvalue weighted by atomic mass is 9.85. The van der Waals surface area contributed by atoms with Crippen LogP contribution in [0.3, 0.4) is 0 Å². The van der Waals surface area contributed by atoms with E-state index in [1.165, 1.54) is 12.1 Å². The minimum atomic E-state index is -0.475. The van der Waals surface area contributed by atoms with Crippen molar-refractivity contribution in [1.29, 1.82) is 5.26 Å². The molecule has 184 valence electrons. The van der Waals surface area contributed by atoms with Crippen LogP contribution in [0.4, 0.5) is 17.1 Å². The summed E-state index contributed by atoms with van der Waals surface area (Å²) in [6, 6.07) is 25.8. The summed E-state index contributed by atoms with van der Waals surface area (Å²) >= 11 is 0. The van der Waals surface area contributed by atoms with Gasteiger partial charge in [-0.15, -0.1) is 0 Å². The van der Waals surface area contributed by atoms with Crippen LogP contribution in [0, 0.1) is 21.4 Å². The van der Waals surface area contributed by atoms with E-state index >= 15 is 0 Å². The Hall–Kier alpha value is -4.90. The fourth-order valence-corrected chi connectivity index (χ4v) is 5.22. The first-order valence-electron chi connectivity index (χ1n) is 11.8. The third-order valence-electron chi connectivity index (χ3n) is 6.83. The van der Waals surface area contributed by atoms with Crippen molar-refractivity contribution in [3.8, 4) is 6.07 Å². The Morgan fingerprint density at radius 2 is 1.68 bits per heavy atom. The first kappa shape index (κ1) is 23.8. The predicted octanol–water partition coefficient (Wildman–Crippen LogP) is 5.89. The Balaban J connectivity index is 1.79. The van der Waals surface area contributed by atoms with E-state index in [1.54, 1.807) is 24.3 Å². The minimum absolute atomic E-state index is 0.0128. The summed E-state index contributed by atoms with van der Waals surface area (Å²) < 4.78 is 2.05. The average Bonchev–Trinajstić information content (AvgIpc) is 3.21. The number of nitro groups is 1. The molecule has 1 aliphatic rings. The van der Waals surface area contributed by atoms with Crippen LogP contribution in [0.15, 0.2) is 90.3 Å². The van der Waals surface area contributed by atoms with E-state index in [0.717, 1.165) is 22.3 Å². The van der Waals surface area contributed by atoms with Crippen molar-refractivity contribution in [1.82, 2.24) is 9.47 Å². The lowest BCUT2D eigenvalue weighted by Gasteiger charge is -2.39. The minimum Gasteiger partial charge on any atom is -0.363 e. The Bertz CT molecular complexity index is 1590. The molecule has 0 amide bonds. The number of hydrogen-bond donors (Lipinski definition) is 0. The number of hydrogen-bond acceptors (Lipinski definition) is 6. The highest BCUT2D eigenvalue weighted by Gasteiger charge is 2.40. The van der Waals surface area contributed by atoms with Crippen molar-refractivity contribution in [3.05, 3.63) is 112 Å². The molecule has 8 heteroatoms. The van der Waals surface area contributed by atoms with Crippen molar-refractivity contribution in [3.63, 3.8) is 0 Å². The van der Waals surface area contributed by atoms with Gasteiger partial charge in [0.05, 0.1) is 33.5 Å². The zero-order valence-corrected chi connectivity index (χ0v) is 20.8. The molecule has 2 heterocycles. The number of benzene rings is 3. The maximum Gasteiger partial charge on any atom is 0.269 e. The Morgan fingerprint density at radius 3 is 2.30 bits per heavy atom. The summed E-state index contributed by atoms with van der Waals surface area (Å²) in [6.07, 6.45) is 0.134. The van der Waals surface area contributed by atoms with Gasteiger partial charge in [-0.25, -0.2) is 0 Å². The molecule has 1 aliphatic heterocycles. The van der Waals surface area contributed by atoms with E-state index in [-0.39, 0.29) is 17.9 Å². The van der Waals surface area contributed by atoms with Crippen LogP contribution < -0.4 is 4.90 Å². The summed E-state index contributed by atoms with van der Waals surface area (Å²) in [5.41, 5.74) is 4.42. The molecule has 0 aliphatic carbocycles. The van der Waals surface area contributed by atoms with E-state index in [9.17, 15) is 20.2 Å². The molecule has 0 saturated heterocycles. The van der Waals surface area contributed by atoms with Crippen LogP contribution in [0.25, 0.3) is 10.9 Å². The number of non-ortho nitro benzene ring substituents is 1. The quantitative estimate of drug-likeness (QED) is 0.190. The molecule has 0 radical (unpaired) electrons. The second kappa shape index (κ2) is 9.28. The van der Waals surface area contributed by atoms with Gasteiger partial charge in [0.25, 0.3) is 5.69 Å².